The number of carboxylic acid groups (broad SMARTS) is 1. The Bertz CT molecular complexity index is 485. The van der Waals surface area contributed by atoms with Gasteiger partial charge in [-0.15, -0.1) is 6.58 Å². The highest BCUT2D eigenvalue weighted by molar-refractivity contribution is 9.10. The lowest BCUT2D eigenvalue weighted by molar-refractivity contribution is -0.137. The van der Waals surface area contributed by atoms with Crippen LogP contribution in [0.15, 0.2) is 35.3 Å². The number of nitrogens with zero attached hydrogens (tertiary/aromatic N) is 1. The Morgan fingerprint density at radius 2 is 2.17 bits per heavy atom. The number of hydrogen-bond acceptors (Lipinski definition) is 2. The van der Waals surface area contributed by atoms with Gasteiger partial charge in [-0.3, -0.25) is 9.59 Å². The maximum Gasteiger partial charge on any atom is 0.323 e. The predicted molar refractivity (Wildman–Crippen MR) is 72.6 cm³/mol. The van der Waals surface area contributed by atoms with Gasteiger partial charge in [0.1, 0.15) is 6.54 Å². The van der Waals surface area contributed by atoms with Gasteiger partial charge in [-0.2, -0.15) is 0 Å². The summed E-state index contributed by atoms with van der Waals surface area (Å²) in [5, 5.41) is 8.79. The minimum atomic E-state index is -1.05. The lowest BCUT2D eigenvalue weighted by Gasteiger charge is -2.20. The first-order valence-corrected chi connectivity index (χ1v) is 6.13. The van der Waals surface area contributed by atoms with Crippen LogP contribution in [0.2, 0.25) is 0 Å². The summed E-state index contributed by atoms with van der Waals surface area (Å²) in [5.41, 5.74) is 1.38. The summed E-state index contributed by atoms with van der Waals surface area (Å²) < 4.78 is 0.689. The van der Waals surface area contributed by atoms with Crippen LogP contribution in [0.4, 0.5) is 0 Å². The van der Waals surface area contributed by atoms with E-state index in [2.05, 4.69) is 22.5 Å². The standard InChI is InChI=1S/C13H14BrNO3/c1-3-7-15(8-11(16)17)13(18)10-6-4-5-9(2)12(10)14/h3-6H,1,7-8H2,2H3,(H,16,17). The molecule has 0 heterocycles. The van der Waals surface area contributed by atoms with Crippen LogP contribution in [0.3, 0.4) is 0 Å². The number of carboxylic acids is 1. The molecule has 4 nitrogen and oxygen atoms in total. The molecule has 0 aromatic heterocycles. The molecule has 0 atom stereocenters. The molecule has 96 valence electrons. The number of carbonyl (C=O) groups excluding carboxylic acids is 1. The maximum atomic E-state index is 12.2. The fraction of sp³-hybridized carbons (Fsp3) is 0.231. The van der Waals surface area contributed by atoms with Crippen LogP contribution in [0.25, 0.3) is 0 Å². The second-order valence-electron chi connectivity index (χ2n) is 3.80. The number of aryl methyl sites for hydroxylation is 1. The SMILES string of the molecule is C=CCN(CC(=O)O)C(=O)c1cccc(C)c1Br. The molecule has 0 spiro atoms. The molecule has 1 rings (SSSR count). The second kappa shape index (κ2) is 6.35. The molecule has 0 unspecified atom stereocenters. The molecule has 0 saturated heterocycles. The first kappa shape index (κ1) is 14.4. The Labute approximate surface area is 114 Å². The largest absolute Gasteiger partial charge is 0.480 e. The van der Waals surface area contributed by atoms with Gasteiger partial charge in [0.25, 0.3) is 5.91 Å². The number of aliphatic carboxylic acids is 1. The van der Waals surface area contributed by atoms with Crippen molar-refractivity contribution in [3.63, 3.8) is 0 Å². The molecular formula is C13H14BrNO3. The summed E-state index contributed by atoms with van der Waals surface area (Å²) in [4.78, 5) is 24.2. The number of amides is 1. The number of hydrogen-bond donors (Lipinski definition) is 1. The lowest BCUT2D eigenvalue weighted by Crippen LogP contribution is -2.36. The van der Waals surface area contributed by atoms with Gasteiger partial charge in [-0.1, -0.05) is 18.2 Å². The van der Waals surface area contributed by atoms with Gasteiger partial charge in [0, 0.05) is 11.0 Å². The minimum absolute atomic E-state index is 0.200. The van der Waals surface area contributed by atoms with E-state index >= 15 is 0 Å². The van der Waals surface area contributed by atoms with Crippen molar-refractivity contribution in [3.05, 3.63) is 46.5 Å². The fourth-order valence-corrected chi connectivity index (χ4v) is 1.96. The van der Waals surface area contributed by atoms with Gasteiger partial charge in [-0.05, 0) is 34.5 Å². The Kier molecular flexibility index (Phi) is 5.09. The number of carbonyl (C=O) groups is 2. The Morgan fingerprint density at radius 3 is 2.72 bits per heavy atom. The second-order valence-corrected chi connectivity index (χ2v) is 4.60. The summed E-state index contributed by atoms with van der Waals surface area (Å²) in [6.45, 7) is 5.25. The van der Waals surface area contributed by atoms with Gasteiger partial charge in [0.2, 0.25) is 0 Å². The molecule has 1 amide bonds. The Balaban J connectivity index is 3.05. The maximum absolute atomic E-state index is 12.2. The average Bonchev–Trinajstić information content (AvgIpc) is 2.31. The van der Waals surface area contributed by atoms with Crippen LogP contribution in [0, 0.1) is 6.92 Å². The summed E-state index contributed by atoms with van der Waals surface area (Å²) in [6.07, 6.45) is 1.50. The molecular weight excluding hydrogens is 298 g/mol. The molecule has 0 fully saturated rings. The molecule has 0 saturated carbocycles. The van der Waals surface area contributed by atoms with Crippen LogP contribution in [0.1, 0.15) is 15.9 Å². The van der Waals surface area contributed by atoms with E-state index in [4.69, 9.17) is 5.11 Å². The first-order chi connectivity index (χ1) is 8.47. The zero-order chi connectivity index (χ0) is 13.7. The predicted octanol–water partition coefficient (Wildman–Crippen LogP) is 2.47. The third-order valence-corrected chi connectivity index (χ3v) is 3.44. The van der Waals surface area contributed by atoms with Crippen LogP contribution >= 0.6 is 15.9 Å². The first-order valence-electron chi connectivity index (χ1n) is 5.34. The lowest BCUT2D eigenvalue weighted by atomic mass is 10.1. The van der Waals surface area contributed by atoms with E-state index in [1.165, 1.54) is 11.0 Å². The summed E-state index contributed by atoms with van der Waals surface area (Å²) in [5.74, 6) is -1.37. The molecule has 18 heavy (non-hydrogen) atoms. The van der Waals surface area contributed by atoms with Crippen LogP contribution in [0.5, 0.6) is 0 Å². The normalized spacial score (nSPS) is 9.89. The summed E-state index contributed by atoms with van der Waals surface area (Å²) >= 11 is 3.35. The van der Waals surface area contributed by atoms with Crippen molar-refractivity contribution < 1.29 is 14.7 Å². The van der Waals surface area contributed by atoms with Gasteiger partial charge >= 0.3 is 5.97 Å². The van der Waals surface area contributed by atoms with Crippen molar-refractivity contribution in [2.24, 2.45) is 0 Å². The van der Waals surface area contributed by atoms with Crippen molar-refractivity contribution in [1.82, 2.24) is 4.90 Å². The highest BCUT2D eigenvalue weighted by atomic mass is 79.9. The molecule has 0 bridgehead atoms. The molecule has 0 aliphatic heterocycles. The summed E-state index contributed by atoms with van der Waals surface area (Å²) in [6, 6.07) is 5.30. The van der Waals surface area contributed by atoms with E-state index in [9.17, 15) is 9.59 Å². The molecule has 1 aromatic carbocycles. The zero-order valence-corrected chi connectivity index (χ0v) is 11.6. The zero-order valence-electron chi connectivity index (χ0n) is 10.0. The molecule has 1 N–H and O–H groups in total. The third kappa shape index (κ3) is 3.43. The Hall–Kier alpha value is -1.62. The number of rotatable bonds is 5. The number of halogens is 1. The van der Waals surface area contributed by atoms with E-state index in [0.717, 1.165) is 5.56 Å². The Morgan fingerprint density at radius 1 is 1.50 bits per heavy atom. The highest BCUT2D eigenvalue weighted by Crippen LogP contribution is 2.22. The minimum Gasteiger partial charge on any atom is -0.480 e. The van der Waals surface area contributed by atoms with E-state index < -0.39 is 5.97 Å². The van der Waals surface area contributed by atoms with Crippen molar-refractivity contribution in [2.45, 2.75) is 6.92 Å². The number of benzene rings is 1. The van der Waals surface area contributed by atoms with Gasteiger partial charge in [0.15, 0.2) is 0 Å². The monoisotopic (exact) mass is 311 g/mol. The van der Waals surface area contributed by atoms with Crippen molar-refractivity contribution >= 4 is 27.8 Å². The molecule has 0 aliphatic rings. The van der Waals surface area contributed by atoms with Crippen molar-refractivity contribution in [3.8, 4) is 0 Å². The average molecular weight is 312 g/mol. The van der Waals surface area contributed by atoms with Crippen LogP contribution in [-0.4, -0.2) is 35.0 Å². The summed E-state index contributed by atoms with van der Waals surface area (Å²) in [7, 11) is 0. The smallest absolute Gasteiger partial charge is 0.323 e. The van der Waals surface area contributed by atoms with Crippen molar-refractivity contribution in [2.75, 3.05) is 13.1 Å². The topological polar surface area (TPSA) is 57.6 Å². The molecule has 5 heteroatoms. The molecule has 1 aromatic rings. The third-order valence-electron chi connectivity index (χ3n) is 2.39. The van der Waals surface area contributed by atoms with Crippen LogP contribution in [-0.2, 0) is 4.79 Å². The van der Waals surface area contributed by atoms with E-state index in [1.807, 2.05) is 13.0 Å². The fourth-order valence-electron chi connectivity index (χ4n) is 1.52. The van der Waals surface area contributed by atoms with E-state index in [-0.39, 0.29) is 19.0 Å². The van der Waals surface area contributed by atoms with E-state index in [0.29, 0.717) is 10.0 Å². The quantitative estimate of drug-likeness (QED) is 0.850. The highest BCUT2D eigenvalue weighted by Gasteiger charge is 2.19. The van der Waals surface area contributed by atoms with Gasteiger partial charge in [0.05, 0.1) is 5.56 Å². The molecule has 0 aliphatic carbocycles. The van der Waals surface area contributed by atoms with Gasteiger partial charge in [-0.25, -0.2) is 0 Å². The van der Waals surface area contributed by atoms with Crippen molar-refractivity contribution in [1.29, 1.82) is 0 Å². The van der Waals surface area contributed by atoms with Crippen LogP contribution < -0.4 is 0 Å². The van der Waals surface area contributed by atoms with E-state index in [1.54, 1.807) is 12.1 Å². The van der Waals surface area contributed by atoms with Gasteiger partial charge < -0.3 is 10.0 Å². The molecule has 0 radical (unpaired) electrons.